The van der Waals surface area contributed by atoms with Gasteiger partial charge in [-0.05, 0) is 12.8 Å². The number of likely N-dealkylation sites (tertiary alicyclic amines) is 1. The summed E-state index contributed by atoms with van der Waals surface area (Å²) in [4.78, 5) is 33.1. The maximum atomic E-state index is 12.3. The van der Waals surface area contributed by atoms with E-state index in [1.54, 1.807) is 17.4 Å². The molecule has 1 aliphatic rings. The highest BCUT2D eigenvalue weighted by Crippen LogP contribution is 2.25. The van der Waals surface area contributed by atoms with Crippen LogP contribution in [0.25, 0.3) is 0 Å². The normalized spacial score (nSPS) is 19.1. The summed E-state index contributed by atoms with van der Waals surface area (Å²) in [6, 6.07) is -0.343. The molecule has 1 aliphatic heterocycles. The SMILES string of the molecule is CC(C)(C)C(=O)N1CCCC1C(=O)NCc1cnc[nH]1. The van der Waals surface area contributed by atoms with E-state index < -0.39 is 5.41 Å². The summed E-state index contributed by atoms with van der Waals surface area (Å²) in [6.07, 6.45) is 4.86. The van der Waals surface area contributed by atoms with Crippen LogP contribution >= 0.6 is 0 Å². The number of H-pyrrole nitrogens is 1. The molecule has 6 heteroatoms. The number of amides is 2. The van der Waals surface area contributed by atoms with E-state index in [4.69, 9.17) is 0 Å². The summed E-state index contributed by atoms with van der Waals surface area (Å²) in [7, 11) is 0. The average Bonchev–Trinajstić information content (AvgIpc) is 3.04. The quantitative estimate of drug-likeness (QED) is 0.868. The van der Waals surface area contributed by atoms with E-state index in [1.807, 2.05) is 20.8 Å². The van der Waals surface area contributed by atoms with Gasteiger partial charge in [-0.15, -0.1) is 0 Å². The molecule has 0 aliphatic carbocycles. The van der Waals surface area contributed by atoms with Gasteiger partial charge in [0, 0.05) is 18.2 Å². The van der Waals surface area contributed by atoms with Crippen LogP contribution in [0.15, 0.2) is 12.5 Å². The van der Waals surface area contributed by atoms with Crippen LogP contribution in [0.4, 0.5) is 0 Å². The molecule has 0 radical (unpaired) electrons. The van der Waals surface area contributed by atoms with E-state index in [0.717, 1.165) is 18.5 Å². The van der Waals surface area contributed by atoms with Crippen LogP contribution in [0.5, 0.6) is 0 Å². The molecule has 110 valence electrons. The minimum absolute atomic E-state index is 0.0386. The van der Waals surface area contributed by atoms with Crippen LogP contribution in [0.1, 0.15) is 39.3 Å². The smallest absolute Gasteiger partial charge is 0.243 e. The third-order valence-corrected chi connectivity index (χ3v) is 3.47. The van der Waals surface area contributed by atoms with Crippen molar-refractivity contribution >= 4 is 11.8 Å². The summed E-state index contributed by atoms with van der Waals surface area (Å²) in [5.74, 6) is -0.0496. The first-order chi connectivity index (χ1) is 9.39. The Bertz CT molecular complexity index is 476. The van der Waals surface area contributed by atoms with E-state index in [9.17, 15) is 9.59 Å². The number of carbonyl (C=O) groups is 2. The van der Waals surface area contributed by atoms with Gasteiger partial charge < -0.3 is 15.2 Å². The van der Waals surface area contributed by atoms with E-state index >= 15 is 0 Å². The number of imidazole rings is 1. The zero-order valence-electron chi connectivity index (χ0n) is 12.3. The largest absolute Gasteiger partial charge is 0.349 e. The lowest BCUT2D eigenvalue weighted by molar-refractivity contribution is -0.144. The lowest BCUT2D eigenvalue weighted by Crippen LogP contribution is -2.49. The van der Waals surface area contributed by atoms with Gasteiger partial charge in [0.25, 0.3) is 0 Å². The molecule has 1 unspecified atom stereocenters. The van der Waals surface area contributed by atoms with Crippen LogP contribution in [-0.4, -0.2) is 39.3 Å². The van der Waals surface area contributed by atoms with Crippen molar-refractivity contribution in [2.75, 3.05) is 6.54 Å². The third kappa shape index (κ3) is 3.18. The zero-order valence-corrected chi connectivity index (χ0v) is 12.3. The molecule has 2 N–H and O–H groups in total. The molecule has 2 rings (SSSR count). The zero-order chi connectivity index (χ0) is 14.8. The number of aromatic amines is 1. The van der Waals surface area contributed by atoms with Crippen molar-refractivity contribution in [3.05, 3.63) is 18.2 Å². The molecule has 1 aromatic heterocycles. The van der Waals surface area contributed by atoms with Crippen molar-refractivity contribution in [2.24, 2.45) is 5.41 Å². The predicted molar refractivity (Wildman–Crippen MR) is 74.6 cm³/mol. The Balaban J connectivity index is 1.96. The molecule has 6 nitrogen and oxygen atoms in total. The molecule has 1 fully saturated rings. The van der Waals surface area contributed by atoms with Crippen LogP contribution in [0.2, 0.25) is 0 Å². The molecular weight excluding hydrogens is 256 g/mol. The molecule has 0 spiro atoms. The second-order valence-corrected chi connectivity index (χ2v) is 6.20. The van der Waals surface area contributed by atoms with Gasteiger partial charge in [0.2, 0.25) is 11.8 Å². The third-order valence-electron chi connectivity index (χ3n) is 3.47. The first-order valence-electron chi connectivity index (χ1n) is 6.95. The maximum Gasteiger partial charge on any atom is 0.243 e. The summed E-state index contributed by atoms with van der Waals surface area (Å²) in [5.41, 5.74) is 0.400. The molecule has 20 heavy (non-hydrogen) atoms. The van der Waals surface area contributed by atoms with Gasteiger partial charge in [-0.2, -0.15) is 0 Å². The van der Waals surface area contributed by atoms with Gasteiger partial charge >= 0.3 is 0 Å². The number of nitrogens with zero attached hydrogens (tertiary/aromatic N) is 2. The van der Waals surface area contributed by atoms with Crippen LogP contribution in [0, 0.1) is 5.41 Å². The van der Waals surface area contributed by atoms with Crippen molar-refractivity contribution < 1.29 is 9.59 Å². The fraction of sp³-hybridized carbons (Fsp3) is 0.643. The summed E-state index contributed by atoms with van der Waals surface area (Å²) in [5, 5.41) is 2.86. The molecule has 0 saturated carbocycles. The Morgan fingerprint density at radius 2 is 2.25 bits per heavy atom. The molecule has 1 aromatic rings. The second-order valence-electron chi connectivity index (χ2n) is 6.20. The number of aromatic nitrogens is 2. The Hall–Kier alpha value is -1.85. The Morgan fingerprint density at radius 3 is 2.85 bits per heavy atom. The fourth-order valence-electron chi connectivity index (χ4n) is 2.39. The van der Waals surface area contributed by atoms with Gasteiger partial charge in [-0.25, -0.2) is 4.98 Å². The minimum Gasteiger partial charge on any atom is -0.349 e. The lowest BCUT2D eigenvalue weighted by Gasteiger charge is -2.30. The number of nitrogens with one attached hydrogen (secondary N) is 2. The van der Waals surface area contributed by atoms with E-state index in [0.29, 0.717) is 13.1 Å². The summed E-state index contributed by atoms with van der Waals surface area (Å²) in [6.45, 7) is 6.72. The maximum absolute atomic E-state index is 12.3. The molecule has 1 saturated heterocycles. The Morgan fingerprint density at radius 1 is 1.50 bits per heavy atom. The monoisotopic (exact) mass is 278 g/mol. The van der Waals surface area contributed by atoms with Crippen molar-refractivity contribution in [3.63, 3.8) is 0 Å². The fourth-order valence-corrected chi connectivity index (χ4v) is 2.39. The van der Waals surface area contributed by atoms with Gasteiger partial charge in [-0.1, -0.05) is 20.8 Å². The first-order valence-corrected chi connectivity index (χ1v) is 6.95. The lowest BCUT2D eigenvalue weighted by atomic mass is 9.94. The van der Waals surface area contributed by atoms with Crippen LogP contribution in [0.3, 0.4) is 0 Å². The van der Waals surface area contributed by atoms with Gasteiger partial charge in [0.15, 0.2) is 0 Å². The first kappa shape index (κ1) is 14.6. The van der Waals surface area contributed by atoms with Gasteiger partial charge in [0.05, 0.1) is 18.6 Å². The van der Waals surface area contributed by atoms with E-state index in [1.165, 1.54) is 0 Å². The van der Waals surface area contributed by atoms with Crippen LogP contribution < -0.4 is 5.32 Å². The number of hydrogen-bond donors (Lipinski definition) is 2. The van der Waals surface area contributed by atoms with Gasteiger partial charge in [-0.3, -0.25) is 9.59 Å². The predicted octanol–water partition coefficient (Wildman–Crippen LogP) is 1.06. The summed E-state index contributed by atoms with van der Waals surface area (Å²) >= 11 is 0. The van der Waals surface area contributed by atoms with E-state index in [2.05, 4.69) is 15.3 Å². The summed E-state index contributed by atoms with van der Waals surface area (Å²) < 4.78 is 0. The molecular formula is C14H22N4O2. The average molecular weight is 278 g/mol. The topological polar surface area (TPSA) is 78.1 Å². The molecule has 0 bridgehead atoms. The number of hydrogen-bond acceptors (Lipinski definition) is 3. The van der Waals surface area contributed by atoms with Crippen molar-refractivity contribution in [1.82, 2.24) is 20.2 Å². The molecule has 2 heterocycles. The van der Waals surface area contributed by atoms with Gasteiger partial charge in [0.1, 0.15) is 6.04 Å². The number of carbonyl (C=O) groups excluding carboxylic acids is 2. The standard InChI is InChI=1S/C14H22N4O2/c1-14(2,3)13(20)18-6-4-5-11(18)12(19)16-8-10-7-15-9-17-10/h7,9,11H,4-6,8H2,1-3H3,(H,15,17)(H,16,19). The molecule has 0 aromatic carbocycles. The highest BCUT2D eigenvalue weighted by molar-refractivity contribution is 5.90. The Labute approximate surface area is 119 Å². The molecule has 2 amide bonds. The highest BCUT2D eigenvalue weighted by atomic mass is 16.2. The van der Waals surface area contributed by atoms with Crippen molar-refractivity contribution in [2.45, 2.75) is 46.2 Å². The Kier molecular flexibility index (Phi) is 4.11. The molecule has 1 atom stereocenters. The second kappa shape index (κ2) is 5.64. The number of rotatable bonds is 3. The highest BCUT2D eigenvalue weighted by Gasteiger charge is 2.38. The van der Waals surface area contributed by atoms with Crippen molar-refractivity contribution in [3.8, 4) is 0 Å². The van der Waals surface area contributed by atoms with Crippen molar-refractivity contribution in [1.29, 1.82) is 0 Å². The van der Waals surface area contributed by atoms with E-state index in [-0.39, 0.29) is 17.9 Å². The van der Waals surface area contributed by atoms with Crippen LogP contribution in [-0.2, 0) is 16.1 Å². The minimum atomic E-state index is -0.452.